The molecule has 1 fully saturated rings. The standard InChI is InChI=1S/C16H24ClN9O2S2/c1-8-4-11(30(27,28)25-13-6-12(18)23-24-13)10(5-9(8)17)29-7-14-20-15(19)22-16(21-14)26(2)3/h4-5,12-13,23-25H,6-7,18H2,1-3H3,(H2,19,20,21,22). The van der Waals surface area contributed by atoms with Crippen LogP contribution in [-0.2, 0) is 15.8 Å². The average molecular weight is 474 g/mol. The number of sulfonamides is 1. The van der Waals surface area contributed by atoms with Gasteiger partial charge in [0.1, 0.15) is 5.82 Å². The Kier molecular flexibility index (Phi) is 7.02. The maximum atomic E-state index is 13.0. The first-order valence-corrected chi connectivity index (χ1v) is 11.8. The summed E-state index contributed by atoms with van der Waals surface area (Å²) in [5.41, 5.74) is 17.8. The number of hydrazine groups is 1. The van der Waals surface area contributed by atoms with Gasteiger partial charge in [-0.15, -0.1) is 11.8 Å². The molecule has 2 atom stereocenters. The van der Waals surface area contributed by atoms with Crippen LogP contribution in [0.25, 0.3) is 0 Å². The molecule has 2 unspecified atom stereocenters. The summed E-state index contributed by atoms with van der Waals surface area (Å²) >= 11 is 7.51. The number of hydrogen-bond donors (Lipinski definition) is 5. The number of nitrogens with zero attached hydrogens (tertiary/aromatic N) is 4. The number of halogens is 1. The molecule has 164 valence electrons. The first-order chi connectivity index (χ1) is 14.0. The van der Waals surface area contributed by atoms with Crippen LogP contribution in [0, 0.1) is 6.92 Å². The fourth-order valence-corrected chi connectivity index (χ4v) is 5.56. The number of aryl methyl sites for hydroxylation is 1. The van der Waals surface area contributed by atoms with Crippen LogP contribution >= 0.6 is 23.4 Å². The van der Waals surface area contributed by atoms with E-state index in [4.69, 9.17) is 23.1 Å². The lowest BCUT2D eigenvalue weighted by molar-refractivity contribution is 0.504. The van der Waals surface area contributed by atoms with Crippen LogP contribution < -0.4 is 31.9 Å². The molecule has 1 saturated heterocycles. The molecule has 3 rings (SSSR count). The summed E-state index contributed by atoms with van der Waals surface area (Å²) < 4.78 is 28.7. The van der Waals surface area contributed by atoms with Gasteiger partial charge >= 0.3 is 0 Å². The van der Waals surface area contributed by atoms with E-state index in [0.29, 0.717) is 33.7 Å². The van der Waals surface area contributed by atoms with Crippen LogP contribution in [0.4, 0.5) is 11.9 Å². The van der Waals surface area contributed by atoms with Crippen LogP contribution in [0.3, 0.4) is 0 Å². The van der Waals surface area contributed by atoms with E-state index < -0.39 is 16.2 Å². The molecule has 1 aromatic carbocycles. The van der Waals surface area contributed by atoms with E-state index >= 15 is 0 Å². The number of benzene rings is 1. The van der Waals surface area contributed by atoms with Crippen molar-refractivity contribution in [3.8, 4) is 0 Å². The predicted molar refractivity (Wildman–Crippen MR) is 117 cm³/mol. The topological polar surface area (TPSA) is 164 Å². The summed E-state index contributed by atoms with van der Waals surface area (Å²) in [4.78, 5) is 14.8. The van der Waals surface area contributed by atoms with Gasteiger partial charge in [-0.05, 0) is 24.6 Å². The molecule has 1 aromatic heterocycles. The first kappa shape index (κ1) is 22.9. The van der Waals surface area contributed by atoms with Gasteiger partial charge in [0.25, 0.3) is 0 Å². The zero-order valence-corrected chi connectivity index (χ0v) is 19.1. The lowest BCUT2D eigenvalue weighted by Gasteiger charge is -2.16. The van der Waals surface area contributed by atoms with E-state index in [1.54, 1.807) is 38.1 Å². The van der Waals surface area contributed by atoms with Gasteiger partial charge in [0, 0.05) is 30.4 Å². The molecule has 1 aliphatic heterocycles. The number of anilines is 2. The molecular formula is C16H24ClN9O2S2. The summed E-state index contributed by atoms with van der Waals surface area (Å²) in [6, 6.07) is 3.17. The third-order valence-electron chi connectivity index (χ3n) is 4.19. The lowest BCUT2D eigenvalue weighted by atomic mass is 10.2. The number of rotatable bonds is 7. The van der Waals surface area contributed by atoms with Crippen molar-refractivity contribution >= 4 is 45.3 Å². The first-order valence-electron chi connectivity index (χ1n) is 8.95. The predicted octanol–water partition coefficient (Wildman–Crippen LogP) is 0.161. The van der Waals surface area contributed by atoms with Crippen molar-refractivity contribution < 1.29 is 8.42 Å². The quantitative estimate of drug-likeness (QED) is 0.348. The molecule has 0 spiro atoms. The minimum atomic E-state index is -3.84. The Labute approximate surface area is 184 Å². The number of nitrogens with two attached hydrogens (primary N) is 2. The third-order valence-corrected chi connectivity index (χ3v) is 7.29. The van der Waals surface area contributed by atoms with Gasteiger partial charge in [0.05, 0.1) is 23.0 Å². The molecule has 2 heterocycles. The van der Waals surface area contributed by atoms with E-state index in [-0.39, 0.29) is 22.8 Å². The molecular weight excluding hydrogens is 450 g/mol. The monoisotopic (exact) mass is 473 g/mol. The lowest BCUT2D eigenvalue weighted by Crippen LogP contribution is -2.44. The Balaban J connectivity index is 1.87. The van der Waals surface area contributed by atoms with Crippen molar-refractivity contribution in [3.05, 3.63) is 28.5 Å². The van der Waals surface area contributed by atoms with E-state index in [2.05, 4.69) is 30.5 Å². The highest BCUT2D eigenvalue weighted by Crippen LogP contribution is 2.33. The van der Waals surface area contributed by atoms with Crippen LogP contribution in [0.15, 0.2) is 21.9 Å². The largest absolute Gasteiger partial charge is 0.368 e. The summed E-state index contributed by atoms with van der Waals surface area (Å²) in [5.74, 6) is 1.23. The van der Waals surface area contributed by atoms with Gasteiger partial charge < -0.3 is 16.4 Å². The van der Waals surface area contributed by atoms with E-state index in [1.807, 2.05) is 0 Å². The fraction of sp³-hybridized carbons (Fsp3) is 0.438. The Morgan fingerprint density at radius 1 is 1.30 bits per heavy atom. The Hall–Kier alpha value is -1.74. The van der Waals surface area contributed by atoms with Crippen LogP contribution in [0.1, 0.15) is 17.8 Å². The van der Waals surface area contributed by atoms with Crippen molar-refractivity contribution in [1.29, 1.82) is 0 Å². The molecule has 11 nitrogen and oxygen atoms in total. The molecule has 0 bridgehead atoms. The molecule has 30 heavy (non-hydrogen) atoms. The van der Waals surface area contributed by atoms with Crippen molar-refractivity contribution in [2.45, 2.75) is 41.2 Å². The Morgan fingerprint density at radius 2 is 2.03 bits per heavy atom. The van der Waals surface area contributed by atoms with Crippen LogP contribution in [0.5, 0.6) is 0 Å². The summed E-state index contributed by atoms with van der Waals surface area (Å²) in [7, 11) is -0.262. The zero-order valence-electron chi connectivity index (χ0n) is 16.7. The minimum absolute atomic E-state index is 0.0943. The third kappa shape index (κ3) is 5.49. The van der Waals surface area contributed by atoms with E-state index in [1.165, 1.54) is 11.8 Å². The maximum absolute atomic E-state index is 13.0. The van der Waals surface area contributed by atoms with Crippen LogP contribution in [0.2, 0.25) is 5.02 Å². The van der Waals surface area contributed by atoms with Gasteiger partial charge in [-0.3, -0.25) is 0 Å². The Morgan fingerprint density at radius 3 is 2.67 bits per heavy atom. The highest BCUT2D eigenvalue weighted by molar-refractivity contribution is 7.99. The second kappa shape index (κ2) is 9.18. The van der Waals surface area contributed by atoms with Gasteiger partial charge in [-0.1, -0.05) is 11.6 Å². The second-order valence-electron chi connectivity index (χ2n) is 6.95. The normalized spacial score (nSPS) is 19.2. The average Bonchev–Trinajstić information content (AvgIpc) is 3.05. The van der Waals surface area contributed by atoms with Gasteiger partial charge in [0.15, 0.2) is 0 Å². The van der Waals surface area contributed by atoms with Crippen molar-refractivity contribution in [2.24, 2.45) is 5.73 Å². The summed E-state index contributed by atoms with van der Waals surface area (Å²) in [6.07, 6.45) is -0.449. The highest BCUT2D eigenvalue weighted by Gasteiger charge is 2.28. The number of nitrogen functional groups attached to an aromatic ring is 1. The SMILES string of the molecule is Cc1cc(S(=O)(=O)NC2CC(N)NN2)c(SCc2nc(N)nc(N(C)C)n2)cc1Cl. The number of nitrogens with one attached hydrogen (secondary N) is 3. The summed E-state index contributed by atoms with van der Waals surface area (Å²) in [5, 5.41) is 0.461. The molecule has 0 aliphatic carbocycles. The van der Waals surface area contributed by atoms with Gasteiger partial charge in [0.2, 0.25) is 21.9 Å². The minimum Gasteiger partial charge on any atom is -0.368 e. The smallest absolute Gasteiger partial charge is 0.243 e. The Bertz CT molecular complexity index is 1040. The molecule has 0 radical (unpaired) electrons. The fourth-order valence-electron chi connectivity index (χ4n) is 2.70. The number of aromatic nitrogens is 3. The zero-order chi connectivity index (χ0) is 22.1. The van der Waals surface area contributed by atoms with E-state index in [0.717, 1.165) is 0 Å². The highest BCUT2D eigenvalue weighted by atomic mass is 35.5. The molecule has 0 amide bonds. The second-order valence-corrected chi connectivity index (χ2v) is 10.1. The number of hydrogen-bond acceptors (Lipinski definition) is 11. The van der Waals surface area contributed by atoms with Crippen molar-refractivity contribution in [2.75, 3.05) is 24.7 Å². The molecule has 2 aromatic rings. The number of thioether (sulfide) groups is 1. The molecule has 1 aliphatic rings. The van der Waals surface area contributed by atoms with Gasteiger partial charge in [-0.25, -0.2) is 19.3 Å². The van der Waals surface area contributed by atoms with E-state index in [9.17, 15) is 8.42 Å². The summed E-state index contributed by atoms with van der Waals surface area (Å²) in [6.45, 7) is 1.75. The molecule has 14 heteroatoms. The van der Waals surface area contributed by atoms with Crippen molar-refractivity contribution in [3.63, 3.8) is 0 Å². The van der Waals surface area contributed by atoms with Crippen molar-refractivity contribution in [1.82, 2.24) is 30.5 Å². The van der Waals surface area contributed by atoms with Gasteiger partial charge in [-0.2, -0.15) is 19.7 Å². The molecule has 7 N–H and O–H groups in total. The maximum Gasteiger partial charge on any atom is 0.243 e. The van der Waals surface area contributed by atoms with Crippen LogP contribution in [-0.4, -0.2) is 49.8 Å². The molecule has 0 saturated carbocycles.